The lowest BCUT2D eigenvalue weighted by Gasteiger charge is -2.11. The van der Waals surface area contributed by atoms with Crippen LogP contribution in [-0.2, 0) is 6.61 Å². The Bertz CT molecular complexity index is 611. The average molecular weight is 466 g/mol. The zero-order chi connectivity index (χ0) is 14.7. The van der Waals surface area contributed by atoms with Gasteiger partial charge >= 0.3 is 0 Å². The van der Waals surface area contributed by atoms with Crippen molar-refractivity contribution in [3.05, 3.63) is 43.1 Å². The predicted octanol–water partition coefficient (Wildman–Crippen LogP) is 4.69. The van der Waals surface area contributed by atoms with Crippen LogP contribution in [0.5, 0.6) is 5.75 Å². The summed E-state index contributed by atoms with van der Waals surface area (Å²) in [6, 6.07) is 5.74. The third-order valence-electron chi connectivity index (χ3n) is 2.47. The quantitative estimate of drug-likeness (QED) is 0.711. The first-order valence-electron chi connectivity index (χ1n) is 5.79. The van der Waals surface area contributed by atoms with Crippen molar-refractivity contribution >= 4 is 53.6 Å². The molecule has 0 amide bonds. The molecule has 1 aromatic heterocycles. The summed E-state index contributed by atoms with van der Waals surface area (Å²) in [5.74, 6) is 2.14. The fraction of sp³-hybridized carbons (Fsp3) is 0.231. The predicted molar refractivity (Wildman–Crippen MR) is 90.2 cm³/mol. The highest BCUT2D eigenvalue weighted by Crippen LogP contribution is 2.36. The van der Waals surface area contributed by atoms with Crippen LogP contribution >= 0.6 is 47.8 Å². The summed E-state index contributed by atoms with van der Waals surface area (Å²) in [4.78, 5) is 8.71. The van der Waals surface area contributed by atoms with Crippen molar-refractivity contribution in [2.24, 2.45) is 0 Å². The van der Waals surface area contributed by atoms with Crippen molar-refractivity contribution in [3.63, 3.8) is 0 Å². The van der Waals surface area contributed by atoms with E-state index in [9.17, 15) is 0 Å². The normalized spacial score (nSPS) is 10.4. The standard InChI is InChI=1S/C13H12Br3N3O/c1-7-3-11(17-2)19-12(18-7)6-20-13-9(15)4-8(14)5-10(13)16/h3-5H,6H2,1-2H3,(H,17,18,19). The summed E-state index contributed by atoms with van der Waals surface area (Å²) in [7, 11) is 1.83. The molecule has 0 fully saturated rings. The molecular formula is C13H12Br3N3O. The molecule has 7 heteroatoms. The third kappa shape index (κ3) is 3.93. The van der Waals surface area contributed by atoms with Crippen LogP contribution < -0.4 is 10.1 Å². The van der Waals surface area contributed by atoms with Gasteiger partial charge in [0.05, 0.1) is 8.95 Å². The molecule has 4 nitrogen and oxygen atoms in total. The van der Waals surface area contributed by atoms with E-state index in [-0.39, 0.29) is 0 Å². The number of rotatable bonds is 4. The first-order chi connectivity index (χ1) is 9.49. The van der Waals surface area contributed by atoms with Crippen LogP contribution in [0.3, 0.4) is 0 Å². The van der Waals surface area contributed by atoms with E-state index in [1.165, 1.54) is 0 Å². The van der Waals surface area contributed by atoms with E-state index >= 15 is 0 Å². The largest absolute Gasteiger partial charge is 0.483 e. The Morgan fingerprint density at radius 2 is 1.75 bits per heavy atom. The van der Waals surface area contributed by atoms with Crippen LogP contribution in [0.15, 0.2) is 31.6 Å². The number of halogens is 3. The van der Waals surface area contributed by atoms with Crippen molar-refractivity contribution < 1.29 is 4.74 Å². The number of aryl methyl sites for hydroxylation is 1. The molecule has 0 aliphatic heterocycles. The van der Waals surface area contributed by atoms with Gasteiger partial charge in [-0.2, -0.15) is 0 Å². The van der Waals surface area contributed by atoms with Gasteiger partial charge in [0.25, 0.3) is 0 Å². The van der Waals surface area contributed by atoms with Gasteiger partial charge in [-0.1, -0.05) is 15.9 Å². The Labute approximate surface area is 142 Å². The van der Waals surface area contributed by atoms with Crippen LogP contribution in [0.4, 0.5) is 5.82 Å². The van der Waals surface area contributed by atoms with Gasteiger partial charge in [-0.25, -0.2) is 9.97 Å². The van der Waals surface area contributed by atoms with Gasteiger partial charge in [-0.3, -0.25) is 0 Å². The minimum Gasteiger partial charge on any atom is -0.483 e. The molecule has 0 saturated heterocycles. The first-order valence-corrected chi connectivity index (χ1v) is 8.17. The monoisotopic (exact) mass is 463 g/mol. The topological polar surface area (TPSA) is 47.0 Å². The zero-order valence-electron chi connectivity index (χ0n) is 10.9. The van der Waals surface area contributed by atoms with E-state index in [1.807, 2.05) is 32.2 Å². The van der Waals surface area contributed by atoms with Crippen LogP contribution in [0.2, 0.25) is 0 Å². The fourth-order valence-corrected chi connectivity index (χ4v) is 4.11. The molecule has 0 atom stereocenters. The van der Waals surface area contributed by atoms with E-state index < -0.39 is 0 Å². The van der Waals surface area contributed by atoms with E-state index in [1.54, 1.807) is 0 Å². The Morgan fingerprint density at radius 1 is 1.10 bits per heavy atom. The van der Waals surface area contributed by atoms with Gasteiger partial charge < -0.3 is 10.1 Å². The second kappa shape index (κ2) is 6.87. The van der Waals surface area contributed by atoms with Gasteiger partial charge in [0.15, 0.2) is 5.82 Å². The lowest BCUT2D eigenvalue weighted by Crippen LogP contribution is -2.06. The van der Waals surface area contributed by atoms with Crippen LogP contribution in [0.25, 0.3) is 0 Å². The third-order valence-corrected chi connectivity index (χ3v) is 4.10. The summed E-state index contributed by atoms with van der Waals surface area (Å²) in [6.07, 6.45) is 0. The number of hydrogen-bond acceptors (Lipinski definition) is 4. The van der Waals surface area contributed by atoms with E-state index in [0.717, 1.165) is 30.7 Å². The molecule has 2 rings (SSSR count). The molecule has 106 valence electrons. The van der Waals surface area contributed by atoms with E-state index in [4.69, 9.17) is 4.74 Å². The number of nitrogens with zero attached hydrogens (tertiary/aromatic N) is 2. The van der Waals surface area contributed by atoms with Crippen molar-refractivity contribution in [2.75, 3.05) is 12.4 Å². The molecule has 20 heavy (non-hydrogen) atoms. The molecule has 0 radical (unpaired) electrons. The molecule has 1 heterocycles. The second-order valence-corrected chi connectivity index (χ2v) is 6.67. The van der Waals surface area contributed by atoms with Crippen LogP contribution in [0.1, 0.15) is 11.5 Å². The Kier molecular flexibility index (Phi) is 5.40. The number of anilines is 1. The number of aromatic nitrogens is 2. The Hall–Kier alpha value is -0.660. The Morgan fingerprint density at radius 3 is 2.35 bits per heavy atom. The summed E-state index contributed by atoms with van der Waals surface area (Å²) in [6.45, 7) is 2.23. The number of hydrogen-bond donors (Lipinski definition) is 1. The smallest absolute Gasteiger partial charge is 0.168 e. The van der Waals surface area contributed by atoms with E-state index in [2.05, 4.69) is 63.1 Å². The molecular weight excluding hydrogens is 454 g/mol. The van der Waals surface area contributed by atoms with Crippen molar-refractivity contribution in [1.29, 1.82) is 0 Å². The molecule has 0 aliphatic rings. The fourth-order valence-electron chi connectivity index (χ4n) is 1.63. The minimum atomic E-state index is 0.301. The highest BCUT2D eigenvalue weighted by molar-refractivity contribution is 9.11. The van der Waals surface area contributed by atoms with E-state index in [0.29, 0.717) is 12.4 Å². The van der Waals surface area contributed by atoms with Gasteiger partial charge in [0, 0.05) is 23.3 Å². The number of nitrogens with one attached hydrogen (secondary N) is 1. The van der Waals surface area contributed by atoms with Gasteiger partial charge in [-0.05, 0) is 50.9 Å². The van der Waals surface area contributed by atoms with Crippen LogP contribution in [0, 0.1) is 6.92 Å². The summed E-state index contributed by atoms with van der Waals surface area (Å²) in [5, 5.41) is 3.01. The molecule has 0 bridgehead atoms. The molecule has 0 saturated carbocycles. The summed E-state index contributed by atoms with van der Waals surface area (Å²) < 4.78 is 8.48. The van der Waals surface area contributed by atoms with Gasteiger partial charge in [0.1, 0.15) is 18.2 Å². The minimum absolute atomic E-state index is 0.301. The van der Waals surface area contributed by atoms with Crippen molar-refractivity contribution in [3.8, 4) is 5.75 Å². The Balaban J connectivity index is 2.19. The molecule has 0 spiro atoms. The highest BCUT2D eigenvalue weighted by Gasteiger charge is 2.10. The lowest BCUT2D eigenvalue weighted by atomic mass is 10.3. The van der Waals surface area contributed by atoms with Crippen molar-refractivity contribution in [1.82, 2.24) is 9.97 Å². The van der Waals surface area contributed by atoms with Gasteiger partial charge in [0.2, 0.25) is 0 Å². The number of benzene rings is 1. The second-order valence-electron chi connectivity index (χ2n) is 4.05. The molecule has 2 aromatic rings. The summed E-state index contributed by atoms with van der Waals surface area (Å²) >= 11 is 10.4. The van der Waals surface area contributed by atoms with Crippen LogP contribution in [-0.4, -0.2) is 17.0 Å². The number of ether oxygens (including phenoxy) is 1. The maximum Gasteiger partial charge on any atom is 0.168 e. The van der Waals surface area contributed by atoms with Gasteiger partial charge in [-0.15, -0.1) is 0 Å². The summed E-state index contributed by atoms with van der Waals surface area (Å²) in [5.41, 5.74) is 0.900. The molecule has 0 aliphatic carbocycles. The highest BCUT2D eigenvalue weighted by atomic mass is 79.9. The molecule has 0 unspecified atom stereocenters. The van der Waals surface area contributed by atoms with Crippen molar-refractivity contribution in [2.45, 2.75) is 13.5 Å². The molecule has 1 N–H and O–H groups in total. The molecule has 1 aromatic carbocycles. The SMILES string of the molecule is CNc1cc(C)nc(COc2c(Br)cc(Br)cc2Br)n1. The first kappa shape index (κ1) is 15.7. The zero-order valence-corrected chi connectivity index (χ0v) is 15.6. The maximum absolute atomic E-state index is 5.80. The average Bonchev–Trinajstić information content (AvgIpc) is 2.36. The maximum atomic E-state index is 5.80. The lowest BCUT2D eigenvalue weighted by molar-refractivity contribution is 0.292.